The molecule has 4 saturated carbocycles. The zero-order valence-corrected chi connectivity index (χ0v) is 14.3. The molecule has 0 unspecified atom stereocenters. The lowest BCUT2D eigenvalue weighted by molar-refractivity contribution is -0.140. The second-order valence-electron chi connectivity index (χ2n) is 8.07. The molecule has 1 amide bonds. The molecule has 1 heterocycles. The number of aromatic nitrogens is 1. The molecule has 0 atom stereocenters. The summed E-state index contributed by atoms with van der Waals surface area (Å²) in [7, 11) is 0. The molecule has 120 valence electrons. The van der Waals surface area contributed by atoms with Crippen molar-refractivity contribution in [3.05, 3.63) is 23.2 Å². The Morgan fingerprint density at radius 3 is 2.48 bits per heavy atom. The lowest BCUT2D eigenvalue weighted by Crippen LogP contribution is -2.51. The van der Waals surface area contributed by atoms with Gasteiger partial charge in [0, 0.05) is 5.69 Å². The first-order valence-corrected chi connectivity index (χ1v) is 9.60. The van der Waals surface area contributed by atoms with Gasteiger partial charge in [0.05, 0.1) is 20.6 Å². The number of benzene rings is 1. The van der Waals surface area contributed by atoms with Crippen molar-refractivity contribution in [1.82, 2.24) is 4.98 Å². The van der Waals surface area contributed by atoms with Crippen LogP contribution in [0.5, 0.6) is 0 Å². The van der Waals surface area contributed by atoms with Crippen molar-refractivity contribution >= 4 is 33.1 Å². The van der Waals surface area contributed by atoms with Gasteiger partial charge >= 0.3 is 0 Å². The van der Waals surface area contributed by atoms with Gasteiger partial charge in [0.25, 0.3) is 0 Å². The molecular weight excluding hydrogens is 304 g/mol. The third-order valence-corrected chi connectivity index (χ3v) is 7.22. The van der Waals surface area contributed by atoms with E-state index in [1.165, 1.54) is 24.0 Å². The average molecular weight is 326 g/mol. The van der Waals surface area contributed by atoms with Gasteiger partial charge in [-0.15, -0.1) is 11.3 Å². The Hall–Kier alpha value is -1.42. The Kier molecular flexibility index (Phi) is 2.91. The van der Waals surface area contributed by atoms with Crippen molar-refractivity contribution in [2.75, 3.05) is 5.32 Å². The smallest absolute Gasteiger partial charge is 0.230 e. The van der Waals surface area contributed by atoms with Crippen LogP contribution < -0.4 is 5.32 Å². The number of anilines is 1. The molecule has 4 bridgehead atoms. The predicted molar refractivity (Wildman–Crippen MR) is 93.6 cm³/mol. The van der Waals surface area contributed by atoms with Crippen LogP contribution in [0.25, 0.3) is 10.2 Å². The zero-order valence-electron chi connectivity index (χ0n) is 13.5. The summed E-state index contributed by atoms with van der Waals surface area (Å²) >= 11 is 1.70. The van der Waals surface area contributed by atoms with Gasteiger partial charge in [0.15, 0.2) is 0 Å². The number of hydrogen-bond acceptors (Lipinski definition) is 3. The molecule has 0 radical (unpaired) electrons. The van der Waals surface area contributed by atoms with Crippen molar-refractivity contribution < 1.29 is 4.79 Å². The second kappa shape index (κ2) is 4.79. The number of nitrogens with one attached hydrogen (secondary N) is 1. The molecule has 2 aromatic rings. The van der Waals surface area contributed by atoms with E-state index >= 15 is 0 Å². The summed E-state index contributed by atoms with van der Waals surface area (Å²) < 4.78 is 1.19. The molecule has 0 aliphatic heterocycles. The number of amides is 1. The lowest BCUT2D eigenvalue weighted by Gasteiger charge is -2.55. The predicted octanol–water partition coefficient (Wildman–Crippen LogP) is 4.76. The summed E-state index contributed by atoms with van der Waals surface area (Å²) in [6.07, 6.45) is 7.46. The molecule has 4 heteroatoms. The lowest BCUT2D eigenvalue weighted by atomic mass is 9.49. The fourth-order valence-electron chi connectivity index (χ4n) is 5.77. The van der Waals surface area contributed by atoms with Crippen molar-refractivity contribution in [2.24, 2.45) is 23.2 Å². The van der Waals surface area contributed by atoms with Crippen molar-refractivity contribution in [1.29, 1.82) is 0 Å². The van der Waals surface area contributed by atoms with E-state index in [-0.39, 0.29) is 11.3 Å². The highest BCUT2D eigenvalue weighted by Gasteiger charge is 2.54. The standard InChI is InChI=1S/C19H22N2OS/c1-11-20-16-7-15(2-3-17(16)23-11)21-18(22)19-8-12-4-13(9-19)6-14(5-12)10-19/h2-3,7,12-14H,4-6,8-10H2,1H3,(H,21,22). The van der Waals surface area contributed by atoms with E-state index in [0.29, 0.717) is 0 Å². The van der Waals surface area contributed by atoms with Crippen molar-refractivity contribution in [3.63, 3.8) is 0 Å². The number of carbonyl (C=O) groups excluding carboxylic acids is 1. The van der Waals surface area contributed by atoms with Gasteiger partial charge < -0.3 is 5.32 Å². The highest BCUT2D eigenvalue weighted by atomic mass is 32.1. The van der Waals surface area contributed by atoms with E-state index < -0.39 is 0 Å². The highest BCUT2D eigenvalue weighted by molar-refractivity contribution is 7.18. The maximum Gasteiger partial charge on any atom is 0.230 e. The molecule has 4 aliphatic rings. The Morgan fingerprint density at radius 2 is 1.83 bits per heavy atom. The minimum absolute atomic E-state index is 0.0816. The minimum Gasteiger partial charge on any atom is -0.326 e. The number of carbonyl (C=O) groups is 1. The Bertz CT molecular complexity index is 758. The number of aryl methyl sites for hydroxylation is 1. The topological polar surface area (TPSA) is 42.0 Å². The fourth-order valence-corrected chi connectivity index (χ4v) is 6.58. The van der Waals surface area contributed by atoms with Crippen LogP contribution in [0.4, 0.5) is 5.69 Å². The van der Waals surface area contributed by atoms with Crippen molar-refractivity contribution in [2.45, 2.75) is 45.4 Å². The molecule has 6 rings (SSSR count). The van der Waals surface area contributed by atoms with Crippen LogP contribution >= 0.6 is 11.3 Å². The van der Waals surface area contributed by atoms with Gasteiger partial charge in [0.2, 0.25) is 5.91 Å². The molecular formula is C19H22N2OS. The molecule has 1 aromatic carbocycles. The quantitative estimate of drug-likeness (QED) is 0.864. The Balaban J connectivity index is 1.41. The van der Waals surface area contributed by atoms with Gasteiger partial charge in [-0.2, -0.15) is 0 Å². The molecule has 4 fully saturated rings. The van der Waals surface area contributed by atoms with Gasteiger partial charge in [-0.25, -0.2) is 4.98 Å². The maximum atomic E-state index is 13.1. The first kappa shape index (κ1) is 14.0. The summed E-state index contributed by atoms with van der Waals surface area (Å²) in [6.45, 7) is 2.03. The Morgan fingerprint density at radius 1 is 1.17 bits per heavy atom. The van der Waals surface area contributed by atoms with Gasteiger partial charge in [0.1, 0.15) is 0 Å². The van der Waals surface area contributed by atoms with Crippen LogP contribution in [0.3, 0.4) is 0 Å². The summed E-state index contributed by atoms with van der Waals surface area (Å²) in [5.41, 5.74) is 1.82. The summed E-state index contributed by atoms with van der Waals surface area (Å²) in [5, 5.41) is 4.30. The molecule has 1 N–H and O–H groups in total. The first-order chi connectivity index (χ1) is 11.1. The maximum absolute atomic E-state index is 13.1. The molecule has 4 aliphatic carbocycles. The van der Waals surface area contributed by atoms with E-state index in [0.717, 1.165) is 53.2 Å². The van der Waals surface area contributed by atoms with Crippen LogP contribution in [-0.2, 0) is 4.79 Å². The van der Waals surface area contributed by atoms with Crippen LogP contribution in [0.2, 0.25) is 0 Å². The number of thiazole rings is 1. The monoisotopic (exact) mass is 326 g/mol. The largest absolute Gasteiger partial charge is 0.326 e. The SMILES string of the molecule is Cc1nc2cc(NC(=O)C34CC5CC(CC(C5)C3)C4)ccc2s1. The number of fused-ring (bicyclic) bond motifs is 1. The van der Waals surface area contributed by atoms with Crippen LogP contribution in [0.1, 0.15) is 43.5 Å². The number of rotatable bonds is 2. The summed E-state index contributed by atoms with van der Waals surface area (Å²) in [4.78, 5) is 17.6. The summed E-state index contributed by atoms with van der Waals surface area (Å²) in [5.74, 6) is 2.67. The number of hydrogen-bond donors (Lipinski definition) is 1. The first-order valence-electron chi connectivity index (χ1n) is 8.78. The second-order valence-corrected chi connectivity index (χ2v) is 9.30. The summed E-state index contributed by atoms with van der Waals surface area (Å²) in [6, 6.07) is 6.13. The molecule has 3 nitrogen and oxygen atoms in total. The van der Waals surface area contributed by atoms with E-state index in [2.05, 4.69) is 16.4 Å². The van der Waals surface area contributed by atoms with Gasteiger partial charge in [-0.3, -0.25) is 4.79 Å². The number of nitrogens with zero attached hydrogens (tertiary/aromatic N) is 1. The van der Waals surface area contributed by atoms with Gasteiger partial charge in [-0.1, -0.05) is 0 Å². The normalized spacial score (nSPS) is 34.9. The van der Waals surface area contributed by atoms with Crippen LogP contribution in [0, 0.1) is 30.1 Å². The Labute approximate surface area is 140 Å². The molecule has 1 aromatic heterocycles. The van der Waals surface area contributed by atoms with E-state index in [4.69, 9.17) is 0 Å². The van der Waals surface area contributed by atoms with E-state index in [1.807, 2.05) is 19.1 Å². The van der Waals surface area contributed by atoms with Crippen LogP contribution in [-0.4, -0.2) is 10.9 Å². The van der Waals surface area contributed by atoms with E-state index in [9.17, 15) is 4.79 Å². The molecule has 0 spiro atoms. The van der Waals surface area contributed by atoms with Crippen molar-refractivity contribution in [3.8, 4) is 0 Å². The third kappa shape index (κ3) is 2.22. The highest BCUT2D eigenvalue weighted by Crippen LogP contribution is 2.60. The van der Waals surface area contributed by atoms with E-state index in [1.54, 1.807) is 11.3 Å². The zero-order chi connectivity index (χ0) is 15.6. The third-order valence-electron chi connectivity index (χ3n) is 6.27. The molecule has 0 saturated heterocycles. The fraction of sp³-hybridized carbons (Fsp3) is 0.579. The van der Waals surface area contributed by atoms with Gasteiger partial charge in [-0.05, 0) is 81.4 Å². The molecule has 23 heavy (non-hydrogen) atoms. The average Bonchev–Trinajstić information content (AvgIpc) is 2.85. The minimum atomic E-state index is -0.0816. The van der Waals surface area contributed by atoms with Crippen LogP contribution in [0.15, 0.2) is 18.2 Å².